The lowest BCUT2D eigenvalue weighted by atomic mass is 10.1. The van der Waals surface area contributed by atoms with Crippen molar-refractivity contribution in [2.75, 3.05) is 11.6 Å². The van der Waals surface area contributed by atoms with Gasteiger partial charge in [-0.15, -0.1) is 11.6 Å². The van der Waals surface area contributed by atoms with E-state index in [4.69, 9.17) is 11.6 Å². The maximum Gasteiger partial charge on any atom is 0.213 e. The van der Waals surface area contributed by atoms with Crippen LogP contribution in [0.5, 0.6) is 0 Å². The van der Waals surface area contributed by atoms with Crippen LogP contribution < -0.4 is 4.72 Å². The zero-order chi connectivity index (χ0) is 11.3. The summed E-state index contributed by atoms with van der Waals surface area (Å²) >= 11 is 5.39. The molecule has 1 N–H and O–H groups in total. The molecule has 0 fully saturated rings. The largest absolute Gasteiger partial charge is 0.265 e. The summed E-state index contributed by atoms with van der Waals surface area (Å²) in [6, 6.07) is 3.28. The molecule has 1 aromatic rings. The van der Waals surface area contributed by atoms with Crippen molar-refractivity contribution in [1.29, 1.82) is 0 Å². The number of rotatable bonds is 5. The third kappa shape index (κ3) is 4.15. The lowest BCUT2D eigenvalue weighted by molar-refractivity contribution is 0.568. The third-order valence-electron chi connectivity index (χ3n) is 1.91. The van der Waals surface area contributed by atoms with Crippen LogP contribution >= 0.6 is 11.6 Å². The van der Waals surface area contributed by atoms with Crippen LogP contribution in [-0.2, 0) is 10.0 Å². The van der Waals surface area contributed by atoms with Crippen molar-refractivity contribution in [1.82, 2.24) is 9.71 Å². The van der Waals surface area contributed by atoms with E-state index in [2.05, 4.69) is 9.71 Å². The third-order valence-corrected chi connectivity index (χ3v) is 3.78. The van der Waals surface area contributed by atoms with Crippen LogP contribution in [0.3, 0.4) is 0 Å². The van der Waals surface area contributed by atoms with Crippen molar-refractivity contribution in [3.05, 3.63) is 30.1 Å². The van der Waals surface area contributed by atoms with E-state index < -0.39 is 10.0 Å². The van der Waals surface area contributed by atoms with Gasteiger partial charge in [0.2, 0.25) is 10.0 Å². The lowest BCUT2D eigenvalue weighted by Crippen LogP contribution is -2.29. The van der Waals surface area contributed by atoms with Crippen molar-refractivity contribution in [2.24, 2.45) is 0 Å². The minimum absolute atomic E-state index is 0.0655. The van der Waals surface area contributed by atoms with Gasteiger partial charge in [-0.1, -0.05) is 0 Å². The molecule has 84 valence electrons. The maximum absolute atomic E-state index is 11.4. The first-order valence-electron chi connectivity index (χ1n) is 4.51. The van der Waals surface area contributed by atoms with E-state index in [1.54, 1.807) is 31.5 Å². The molecule has 0 aliphatic rings. The van der Waals surface area contributed by atoms with E-state index in [9.17, 15) is 8.42 Å². The lowest BCUT2D eigenvalue weighted by Gasteiger charge is -2.13. The van der Waals surface area contributed by atoms with Crippen molar-refractivity contribution < 1.29 is 8.42 Å². The summed E-state index contributed by atoms with van der Waals surface area (Å²) in [6.07, 6.45) is 3.25. The number of hydrogen-bond acceptors (Lipinski definition) is 3. The summed E-state index contributed by atoms with van der Waals surface area (Å²) in [4.78, 5) is 3.86. The second kappa shape index (κ2) is 5.44. The van der Waals surface area contributed by atoms with Gasteiger partial charge in [0.15, 0.2) is 0 Å². The molecule has 0 aromatic carbocycles. The predicted molar refractivity (Wildman–Crippen MR) is 60.3 cm³/mol. The molecule has 1 heterocycles. The van der Waals surface area contributed by atoms with Crippen molar-refractivity contribution in [3.63, 3.8) is 0 Å². The first-order chi connectivity index (χ1) is 7.05. The van der Waals surface area contributed by atoms with Crippen LogP contribution in [-0.4, -0.2) is 25.0 Å². The van der Waals surface area contributed by atoms with E-state index >= 15 is 0 Å². The Hall–Kier alpha value is -0.650. The highest BCUT2D eigenvalue weighted by Gasteiger charge is 2.14. The van der Waals surface area contributed by atoms with Crippen LogP contribution in [0.25, 0.3) is 0 Å². The predicted octanol–water partition coefficient (Wildman–Crippen LogP) is 1.30. The quantitative estimate of drug-likeness (QED) is 0.799. The van der Waals surface area contributed by atoms with Gasteiger partial charge in [-0.3, -0.25) is 4.98 Å². The molecule has 0 saturated carbocycles. The normalized spacial score (nSPS) is 13.7. The van der Waals surface area contributed by atoms with Gasteiger partial charge in [-0.25, -0.2) is 13.1 Å². The topological polar surface area (TPSA) is 59.1 Å². The minimum Gasteiger partial charge on any atom is -0.265 e. The van der Waals surface area contributed by atoms with Crippen LogP contribution in [0.2, 0.25) is 0 Å². The van der Waals surface area contributed by atoms with Gasteiger partial charge in [0.05, 0.1) is 5.75 Å². The fourth-order valence-corrected chi connectivity index (χ4v) is 2.76. The molecule has 1 unspecified atom stereocenters. The minimum atomic E-state index is -3.28. The molecule has 0 aliphatic heterocycles. The molecule has 0 amide bonds. The van der Waals surface area contributed by atoms with Gasteiger partial charge in [0, 0.05) is 24.3 Å². The van der Waals surface area contributed by atoms with Crippen LogP contribution in [0, 0.1) is 0 Å². The van der Waals surface area contributed by atoms with Gasteiger partial charge >= 0.3 is 0 Å². The zero-order valence-electron chi connectivity index (χ0n) is 8.35. The van der Waals surface area contributed by atoms with Crippen molar-refractivity contribution in [3.8, 4) is 0 Å². The summed E-state index contributed by atoms with van der Waals surface area (Å²) in [5.74, 6) is 0.0301. The number of aromatic nitrogens is 1. The number of pyridine rings is 1. The molecular formula is C9H13ClN2O2S. The Morgan fingerprint density at radius 3 is 2.60 bits per heavy atom. The second-order valence-electron chi connectivity index (χ2n) is 3.13. The molecule has 0 bridgehead atoms. The summed E-state index contributed by atoms with van der Waals surface area (Å²) in [7, 11) is -3.28. The van der Waals surface area contributed by atoms with Crippen LogP contribution in [0.15, 0.2) is 24.5 Å². The molecule has 4 nitrogen and oxygen atoms in total. The van der Waals surface area contributed by atoms with Crippen molar-refractivity contribution in [2.45, 2.75) is 13.0 Å². The van der Waals surface area contributed by atoms with Gasteiger partial charge in [0.1, 0.15) is 0 Å². The highest BCUT2D eigenvalue weighted by atomic mass is 35.5. The monoisotopic (exact) mass is 248 g/mol. The Balaban J connectivity index is 2.68. The Labute approximate surface area is 94.7 Å². The molecule has 1 rings (SSSR count). The zero-order valence-corrected chi connectivity index (χ0v) is 9.92. The Kier molecular flexibility index (Phi) is 4.50. The smallest absolute Gasteiger partial charge is 0.213 e. The highest BCUT2D eigenvalue weighted by molar-refractivity contribution is 7.89. The number of halogens is 1. The van der Waals surface area contributed by atoms with E-state index in [0.29, 0.717) is 0 Å². The van der Waals surface area contributed by atoms with Crippen LogP contribution in [0.1, 0.15) is 18.5 Å². The Morgan fingerprint density at radius 2 is 2.07 bits per heavy atom. The summed E-state index contributed by atoms with van der Waals surface area (Å²) in [5, 5.41) is 0. The Morgan fingerprint density at radius 1 is 1.47 bits per heavy atom. The fraction of sp³-hybridized carbons (Fsp3) is 0.444. The van der Waals surface area contributed by atoms with Gasteiger partial charge < -0.3 is 0 Å². The Bertz CT molecular complexity index is 394. The number of hydrogen-bond donors (Lipinski definition) is 1. The van der Waals surface area contributed by atoms with Gasteiger partial charge in [0.25, 0.3) is 0 Å². The SMILES string of the molecule is CC(NS(=O)(=O)CCCl)c1ccncc1. The van der Waals surface area contributed by atoms with E-state index in [-0.39, 0.29) is 17.7 Å². The molecule has 1 atom stereocenters. The summed E-state index contributed by atoms with van der Waals surface area (Å²) in [6.45, 7) is 1.78. The number of nitrogens with one attached hydrogen (secondary N) is 1. The average Bonchev–Trinajstić information content (AvgIpc) is 2.18. The molecular weight excluding hydrogens is 236 g/mol. The van der Waals surface area contributed by atoms with Crippen LogP contribution in [0.4, 0.5) is 0 Å². The number of alkyl halides is 1. The number of sulfonamides is 1. The first kappa shape index (κ1) is 12.4. The van der Waals surface area contributed by atoms with Gasteiger partial charge in [-0.05, 0) is 24.6 Å². The first-order valence-corrected chi connectivity index (χ1v) is 6.70. The molecule has 0 spiro atoms. The molecule has 6 heteroatoms. The maximum atomic E-state index is 11.4. The van der Waals surface area contributed by atoms with Gasteiger partial charge in [-0.2, -0.15) is 0 Å². The molecule has 0 aliphatic carbocycles. The summed E-state index contributed by atoms with van der Waals surface area (Å²) < 4.78 is 25.3. The molecule has 0 radical (unpaired) electrons. The highest BCUT2D eigenvalue weighted by Crippen LogP contribution is 2.11. The fourth-order valence-electron chi connectivity index (χ4n) is 1.15. The summed E-state index contributed by atoms with van der Waals surface area (Å²) in [5.41, 5.74) is 0.878. The second-order valence-corrected chi connectivity index (χ2v) is 5.38. The number of nitrogens with zero attached hydrogens (tertiary/aromatic N) is 1. The van der Waals surface area contributed by atoms with E-state index in [1.807, 2.05) is 0 Å². The van der Waals surface area contributed by atoms with E-state index in [1.165, 1.54) is 0 Å². The molecule has 15 heavy (non-hydrogen) atoms. The average molecular weight is 249 g/mol. The van der Waals surface area contributed by atoms with Crippen molar-refractivity contribution >= 4 is 21.6 Å². The molecule has 1 aromatic heterocycles. The molecule has 0 saturated heterocycles. The van der Waals surface area contributed by atoms with E-state index in [0.717, 1.165) is 5.56 Å². The standard InChI is InChI=1S/C9H13ClN2O2S/c1-8(9-2-5-11-6-3-9)12-15(13,14)7-4-10/h2-3,5-6,8,12H,4,7H2,1H3.